The largest absolute Gasteiger partial charge is 0.298 e. The zero-order valence-corrected chi connectivity index (χ0v) is 13.0. The Morgan fingerprint density at radius 2 is 2.19 bits per heavy atom. The molecule has 0 radical (unpaired) electrons. The lowest BCUT2D eigenvalue weighted by molar-refractivity contribution is 0.102. The molecule has 112 valence electrons. The highest BCUT2D eigenvalue weighted by Crippen LogP contribution is 2.16. The van der Waals surface area contributed by atoms with E-state index in [2.05, 4.69) is 15.0 Å². The first-order chi connectivity index (χ1) is 10.00. The summed E-state index contributed by atoms with van der Waals surface area (Å²) < 4.78 is 25.9. The predicted molar refractivity (Wildman–Crippen MR) is 84.2 cm³/mol. The Bertz CT molecular complexity index is 712. The van der Waals surface area contributed by atoms with Gasteiger partial charge in [0.1, 0.15) is 0 Å². The van der Waals surface area contributed by atoms with Crippen molar-refractivity contribution in [1.82, 2.24) is 4.98 Å². The van der Waals surface area contributed by atoms with E-state index >= 15 is 0 Å². The third-order valence-electron chi connectivity index (χ3n) is 2.52. The standard InChI is InChI=1S/C13H15N3O3S2/c1-2-8-21(18,19)16-11-5-3-4-10(9-11)12(17)15-13-14-6-7-20-13/h3-7,9,16H,2,8H2,1H3,(H,14,15,17). The van der Waals surface area contributed by atoms with Crippen LogP contribution in [0, 0.1) is 0 Å². The number of hydrogen-bond donors (Lipinski definition) is 2. The van der Waals surface area contributed by atoms with Crippen molar-refractivity contribution in [3.63, 3.8) is 0 Å². The number of sulfonamides is 1. The van der Waals surface area contributed by atoms with Gasteiger partial charge in [-0.3, -0.25) is 14.8 Å². The molecule has 0 saturated carbocycles. The number of carbonyl (C=O) groups is 1. The van der Waals surface area contributed by atoms with Crippen LogP contribution in [0.1, 0.15) is 23.7 Å². The molecular weight excluding hydrogens is 310 g/mol. The minimum absolute atomic E-state index is 0.0442. The molecule has 0 aliphatic heterocycles. The molecule has 0 aliphatic rings. The lowest BCUT2D eigenvalue weighted by Crippen LogP contribution is -2.17. The predicted octanol–water partition coefficient (Wildman–Crippen LogP) is 2.55. The van der Waals surface area contributed by atoms with E-state index in [1.54, 1.807) is 36.7 Å². The van der Waals surface area contributed by atoms with Gasteiger partial charge in [0.25, 0.3) is 5.91 Å². The molecule has 0 atom stereocenters. The van der Waals surface area contributed by atoms with Gasteiger partial charge in [-0.05, 0) is 24.6 Å². The topological polar surface area (TPSA) is 88.2 Å². The van der Waals surface area contributed by atoms with Gasteiger partial charge in [-0.1, -0.05) is 13.0 Å². The molecule has 0 bridgehead atoms. The van der Waals surface area contributed by atoms with Gasteiger partial charge in [-0.25, -0.2) is 13.4 Å². The molecule has 6 nitrogen and oxygen atoms in total. The Morgan fingerprint density at radius 1 is 1.38 bits per heavy atom. The van der Waals surface area contributed by atoms with Gasteiger partial charge in [0.2, 0.25) is 10.0 Å². The molecule has 2 aromatic rings. The monoisotopic (exact) mass is 325 g/mol. The average molecular weight is 325 g/mol. The summed E-state index contributed by atoms with van der Waals surface area (Å²) >= 11 is 1.31. The quantitative estimate of drug-likeness (QED) is 0.854. The van der Waals surface area contributed by atoms with Crippen molar-refractivity contribution >= 4 is 38.1 Å². The third kappa shape index (κ3) is 4.54. The number of carbonyl (C=O) groups excluding carboxylic acids is 1. The van der Waals surface area contributed by atoms with Crippen molar-refractivity contribution in [3.05, 3.63) is 41.4 Å². The summed E-state index contributed by atoms with van der Waals surface area (Å²) in [5, 5.41) is 4.90. The summed E-state index contributed by atoms with van der Waals surface area (Å²) in [7, 11) is -3.37. The van der Waals surface area contributed by atoms with Crippen LogP contribution in [0.15, 0.2) is 35.8 Å². The molecule has 0 aliphatic carbocycles. The number of nitrogens with one attached hydrogen (secondary N) is 2. The van der Waals surface area contributed by atoms with Crippen LogP contribution < -0.4 is 10.0 Å². The van der Waals surface area contributed by atoms with Crippen LogP contribution in [-0.4, -0.2) is 25.1 Å². The smallest absolute Gasteiger partial charge is 0.257 e. The second-order valence-corrected chi connectivity index (χ2v) is 7.03. The van der Waals surface area contributed by atoms with Crippen LogP contribution in [0.3, 0.4) is 0 Å². The van der Waals surface area contributed by atoms with Crippen molar-refractivity contribution in [2.45, 2.75) is 13.3 Å². The fourth-order valence-electron chi connectivity index (χ4n) is 1.68. The van der Waals surface area contributed by atoms with E-state index < -0.39 is 10.0 Å². The molecule has 1 aromatic heterocycles. The van der Waals surface area contributed by atoms with E-state index in [0.717, 1.165) is 0 Å². The van der Waals surface area contributed by atoms with Crippen molar-refractivity contribution in [2.75, 3.05) is 15.8 Å². The maximum absolute atomic E-state index is 12.0. The average Bonchev–Trinajstić information content (AvgIpc) is 2.91. The number of benzene rings is 1. The van der Waals surface area contributed by atoms with Crippen molar-refractivity contribution in [3.8, 4) is 0 Å². The SMILES string of the molecule is CCCS(=O)(=O)Nc1cccc(C(=O)Nc2nccs2)c1. The van der Waals surface area contributed by atoms with Gasteiger partial charge in [-0.15, -0.1) is 11.3 Å². The highest BCUT2D eigenvalue weighted by molar-refractivity contribution is 7.92. The highest BCUT2D eigenvalue weighted by Gasteiger charge is 2.12. The molecule has 1 amide bonds. The normalized spacial score (nSPS) is 11.1. The number of rotatable bonds is 6. The molecule has 0 fully saturated rings. The fourth-order valence-corrected chi connectivity index (χ4v) is 3.33. The Morgan fingerprint density at radius 3 is 2.86 bits per heavy atom. The van der Waals surface area contributed by atoms with Gasteiger partial charge in [0.15, 0.2) is 5.13 Å². The second-order valence-electron chi connectivity index (χ2n) is 4.29. The Labute approximate surface area is 127 Å². The molecule has 2 rings (SSSR count). The minimum Gasteiger partial charge on any atom is -0.298 e. The van der Waals surface area contributed by atoms with Crippen molar-refractivity contribution in [2.24, 2.45) is 0 Å². The summed E-state index contributed by atoms with van der Waals surface area (Å²) in [4.78, 5) is 16.0. The van der Waals surface area contributed by atoms with Gasteiger partial charge in [0, 0.05) is 22.8 Å². The second kappa shape index (κ2) is 6.68. The van der Waals surface area contributed by atoms with E-state index in [-0.39, 0.29) is 11.7 Å². The Hall–Kier alpha value is -1.93. The van der Waals surface area contributed by atoms with E-state index in [0.29, 0.717) is 22.8 Å². The summed E-state index contributed by atoms with van der Waals surface area (Å²) in [6.45, 7) is 1.79. The van der Waals surface area contributed by atoms with Gasteiger partial charge >= 0.3 is 0 Å². The van der Waals surface area contributed by atoms with Crippen molar-refractivity contribution < 1.29 is 13.2 Å². The molecule has 1 heterocycles. The van der Waals surface area contributed by atoms with Crippen LogP contribution in [0.25, 0.3) is 0 Å². The van der Waals surface area contributed by atoms with Crippen LogP contribution >= 0.6 is 11.3 Å². The molecule has 1 aromatic carbocycles. The molecule has 0 spiro atoms. The van der Waals surface area contributed by atoms with Crippen LogP contribution in [0.5, 0.6) is 0 Å². The van der Waals surface area contributed by atoms with Gasteiger partial charge in [-0.2, -0.15) is 0 Å². The first-order valence-corrected chi connectivity index (χ1v) is 8.85. The molecule has 0 unspecified atom stereocenters. The number of thiazole rings is 1. The number of hydrogen-bond acceptors (Lipinski definition) is 5. The Kier molecular flexibility index (Phi) is 4.92. The lowest BCUT2D eigenvalue weighted by Gasteiger charge is -2.08. The van der Waals surface area contributed by atoms with E-state index in [4.69, 9.17) is 0 Å². The first kappa shape index (κ1) is 15.5. The minimum atomic E-state index is -3.37. The zero-order valence-electron chi connectivity index (χ0n) is 11.4. The number of aromatic nitrogens is 1. The van der Waals surface area contributed by atoms with Gasteiger partial charge in [0.05, 0.1) is 5.75 Å². The summed E-state index contributed by atoms with van der Waals surface area (Å²) in [5.41, 5.74) is 0.733. The fraction of sp³-hybridized carbons (Fsp3) is 0.231. The third-order valence-corrected chi connectivity index (χ3v) is 4.70. The number of amides is 1. The van der Waals surface area contributed by atoms with Crippen LogP contribution in [-0.2, 0) is 10.0 Å². The molecular formula is C13H15N3O3S2. The van der Waals surface area contributed by atoms with Crippen molar-refractivity contribution in [1.29, 1.82) is 0 Å². The Balaban J connectivity index is 2.12. The number of nitrogens with zero attached hydrogens (tertiary/aromatic N) is 1. The molecule has 0 saturated heterocycles. The molecule has 2 N–H and O–H groups in total. The summed E-state index contributed by atoms with van der Waals surface area (Å²) in [5.74, 6) is -0.288. The number of anilines is 2. The molecule has 8 heteroatoms. The maximum atomic E-state index is 12.0. The van der Waals surface area contributed by atoms with Crippen LogP contribution in [0.2, 0.25) is 0 Å². The van der Waals surface area contributed by atoms with Crippen LogP contribution in [0.4, 0.5) is 10.8 Å². The van der Waals surface area contributed by atoms with E-state index in [1.807, 2.05) is 0 Å². The highest BCUT2D eigenvalue weighted by atomic mass is 32.2. The van der Waals surface area contributed by atoms with Gasteiger partial charge < -0.3 is 0 Å². The zero-order chi connectivity index (χ0) is 15.3. The summed E-state index contributed by atoms with van der Waals surface area (Å²) in [6.07, 6.45) is 2.12. The first-order valence-electron chi connectivity index (χ1n) is 6.31. The van der Waals surface area contributed by atoms with E-state index in [9.17, 15) is 13.2 Å². The molecule has 21 heavy (non-hydrogen) atoms. The lowest BCUT2D eigenvalue weighted by atomic mass is 10.2. The van der Waals surface area contributed by atoms with E-state index in [1.165, 1.54) is 17.4 Å². The maximum Gasteiger partial charge on any atom is 0.257 e. The summed E-state index contributed by atoms with van der Waals surface area (Å²) in [6, 6.07) is 6.34.